The van der Waals surface area contributed by atoms with E-state index in [4.69, 9.17) is 9.84 Å². The Labute approximate surface area is 224 Å². The number of unbranched alkanes of at least 4 members (excludes halogenated alkanes) is 1. The van der Waals surface area contributed by atoms with Gasteiger partial charge in [-0.1, -0.05) is 67.4 Å². The second kappa shape index (κ2) is 12.2. The molecule has 2 amide bonds. The fraction of sp³-hybridized carbons (Fsp3) is 0.258. The number of nitrogens with zero attached hydrogens (tertiary/aromatic N) is 3. The summed E-state index contributed by atoms with van der Waals surface area (Å²) in [5.74, 6) is 0.675. The Bertz CT molecular complexity index is 1390. The number of hydrogen-bond acceptors (Lipinski definition) is 4. The van der Waals surface area contributed by atoms with Crippen LogP contribution in [0.1, 0.15) is 41.4 Å². The first-order chi connectivity index (χ1) is 18.4. The Morgan fingerprint density at radius 1 is 0.974 bits per heavy atom. The number of anilines is 1. The summed E-state index contributed by atoms with van der Waals surface area (Å²) in [6.07, 6.45) is 1.69. The van der Waals surface area contributed by atoms with Crippen LogP contribution in [0.4, 0.5) is 5.82 Å². The van der Waals surface area contributed by atoms with Gasteiger partial charge >= 0.3 is 0 Å². The molecule has 0 atom stereocenters. The summed E-state index contributed by atoms with van der Waals surface area (Å²) in [6, 6.07) is 24.9. The Morgan fingerprint density at radius 2 is 1.71 bits per heavy atom. The molecule has 0 aliphatic carbocycles. The highest BCUT2D eigenvalue weighted by Crippen LogP contribution is 2.33. The number of carbonyl (C=O) groups excluding carboxylic acids is 2. The minimum Gasteiger partial charge on any atom is -0.497 e. The standard InChI is InChI=1S/C31H34N4O3/c1-5-6-19-34(31(37)25-13-10-14-27(20-25)38-4)21-28(36)32-30-29(24-11-8-7-9-12-24)23(3)33-35(30)26-17-15-22(2)16-18-26/h7-18,20H,5-6,19,21H2,1-4H3,(H,32,36). The van der Waals surface area contributed by atoms with Crippen LogP contribution in [0.5, 0.6) is 5.75 Å². The van der Waals surface area contributed by atoms with Crippen LogP contribution in [0.3, 0.4) is 0 Å². The summed E-state index contributed by atoms with van der Waals surface area (Å²) in [5, 5.41) is 7.87. The van der Waals surface area contributed by atoms with Gasteiger partial charge in [-0.15, -0.1) is 0 Å². The van der Waals surface area contributed by atoms with E-state index in [1.54, 1.807) is 41.0 Å². The smallest absolute Gasteiger partial charge is 0.254 e. The molecule has 38 heavy (non-hydrogen) atoms. The SMILES string of the molecule is CCCCN(CC(=O)Nc1c(-c2ccccc2)c(C)nn1-c1ccc(C)cc1)C(=O)c1cccc(OC)c1. The third kappa shape index (κ3) is 6.11. The van der Waals surface area contributed by atoms with E-state index in [9.17, 15) is 9.59 Å². The molecule has 0 saturated carbocycles. The van der Waals surface area contributed by atoms with E-state index in [1.807, 2.05) is 68.4 Å². The summed E-state index contributed by atoms with van der Waals surface area (Å²) < 4.78 is 7.05. The van der Waals surface area contributed by atoms with Crippen LogP contribution in [-0.4, -0.2) is 46.7 Å². The minimum absolute atomic E-state index is 0.0810. The normalized spacial score (nSPS) is 10.7. The molecule has 1 heterocycles. The average molecular weight is 511 g/mol. The second-order valence-electron chi connectivity index (χ2n) is 9.28. The number of hydrogen-bond donors (Lipinski definition) is 1. The number of amides is 2. The van der Waals surface area contributed by atoms with Gasteiger partial charge in [0, 0.05) is 17.7 Å². The highest BCUT2D eigenvalue weighted by Gasteiger charge is 2.23. The maximum Gasteiger partial charge on any atom is 0.254 e. The third-order valence-corrected chi connectivity index (χ3v) is 6.38. The van der Waals surface area contributed by atoms with Crippen molar-refractivity contribution in [3.8, 4) is 22.6 Å². The topological polar surface area (TPSA) is 76.5 Å². The first-order valence-electron chi connectivity index (χ1n) is 12.9. The summed E-state index contributed by atoms with van der Waals surface area (Å²) in [5.41, 5.74) is 5.05. The van der Waals surface area contributed by atoms with Gasteiger partial charge in [-0.05, 0) is 56.2 Å². The number of carbonyl (C=O) groups is 2. The first kappa shape index (κ1) is 26.7. The molecule has 7 heteroatoms. The number of rotatable bonds is 10. The van der Waals surface area contributed by atoms with Crippen molar-refractivity contribution in [1.29, 1.82) is 0 Å². The van der Waals surface area contributed by atoms with Crippen molar-refractivity contribution in [2.24, 2.45) is 0 Å². The zero-order valence-corrected chi connectivity index (χ0v) is 22.4. The largest absolute Gasteiger partial charge is 0.497 e. The molecule has 0 bridgehead atoms. The summed E-state index contributed by atoms with van der Waals surface area (Å²) >= 11 is 0. The molecule has 4 aromatic rings. The quantitative estimate of drug-likeness (QED) is 0.282. The Hall–Kier alpha value is -4.39. The molecule has 0 aliphatic heterocycles. The molecule has 4 rings (SSSR count). The lowest BCUT2D eigenvalue weighted by atomic mass is 10.1. The molecule has 0 saturated heterocycles. The summed E-state index contributed by atoms with van der Waals surface area (Å²) in [7, 11) is 1.56. The predicted molar refractivity (Wildman–Crippen MR) is 151 cm³/mol. The van der Waals surface area contributed by atoms with E-state index >= 15 is 0 Å². The minimum atomic E-state index is -0.289. The van der Waals surface area contributed by atoms with Gasteiger partial charge in [0.15, 0.2) is 0 Å². The molecule has 1 N–H and O–H groups in total. The van der Waals surface area contributed by atoms with E-state index in [-0.39, 0.29) is 18.4 Å². The van der Waals surface area contributed by atoms with Crippen molar-refractivity contribution < 1.29 is 14.3 Å². The van der Waals surface area contributed by atoms with E-state index in [0.717, 1.165) is 40.9 Å². The fourth-order valence-electron chi connectivity index (χ4n) is 4.35. The van der Waals surface area contributed by atoms with Crippen molar-refractivity contribution >= 4 is 17.6 Å². The van der Waals surface area contributed by atoms with Crippen molar-refractivity contribution in [2.45, 2.75) is 33.6 Å². The van der Waals surface area contributed by atoms with Gasteiger partial charge in [-0.2, -0.15) is 5.10 Å². The lowest BCUT2D eigenvalue weighted by molar-refractivity contribution is -0.116. The zero-order valence-electron chi connectivity index (χ0n) is 22.4. The molecular weight excluding hydrogens is 476 g/mol. The molecule has 0 radical (unpaired) electrons. The Balaban J connectivity index is 1.67. The summed E-state index contributed by atoms with van der Waals surface area (Å²) in [4.78, 5) is 28.5. The summed E-state index contributed by atoms with van der Waals surface area (Å²) in [6.45, 7) is 6.41. The number of nitrogens with one attached hydrogen (secondary N) is 1. The van der Waals surface area contributed by atoms with Crippen LogP contribution in [0.2, 0.25) is 0 Å². The molecular formula is C31H34N4O3. The molecule has 196 valence electrons. The number of aromatic nitrogens is 2. The van der Waals surface area contributed by atoms with E-state index < -0.39 is 0 Å². The Morgan fingerprint density at radius 3 is 2.39 bits per heavy atom. The zero-order chi connectivity index (χ0) is 27.1. The molecule has 0 unspecified atom stereocenters. The van der Waals surface area contributed by atoms with Crippen molar-refractivity contribution in [1.82, 2.24) is 14.7 Å². The number of ether oxygens (including phenoxy) is 1. The van der Waals surface area contributed by atoms with Crippen molar-refractivity contribution in [3.63, 3.8) is 0 Å². The van der Waals surface area contributed by atoms with Gasteiger partial charge < -0.3 is 15.0 Å². The van der Waals surface area contributed by atoms with E-state index in [1.165, 1.54) is 0 Å². The van der Waals surface area contributed by atoms with Gasteiger partial charge in [0.1, 0.15) is 18.1 Å². The first-order valence-corrected chi connectivity index (χ1v) is 12.9. The van der Waals surface area contributed by atoms with E-state index in [2.05, 4.69) is 12.2 Å². The molecule has 0 fully saturated rings. The third-order valence-electron chi connectivity index (χ3n) is 6.38. The molecule has 1 aromatic heterocycles. The Kier molecular flexibility index (Phi) is 8.58. The van der Waals surface area contributed by atoms with Crippen LogP contribution < -0.4 is 10.1 Å². The van der Waals surface area contributed by atoms with Gasteiger partial charge in [0.05, 0.1) is 18.5 Å². The van der Waals surface area contributed by atoms with Crippen LogP contribution in [-0.2, 0) is 4.79 Å². The lowest BCUT2D eigenvalue weighted by Gasteiger charge is -2.23. The number of benzene rings is 3. The van der Waals surface area contributed by atoms with Crippen molar-refractivity contribution in [2.75, 3.05) is 25.5 Å². The predicted octanol–water partition coefficient (Wildman–Crippen LogP) is 6.05. The van der Waals surface area contributed by atoms with Crippen LogP contribution in [0.25, 0.3) is 16.8 Å². The maximum atomic E-state index is 13.5. The highest BCUT2D eigenvalue weighted by atomic mass is 16.5. The van der Waals surface area contributed by atoms with Crippen LogP contribution >= 0.6 is 0 Å². The average Bonchev–Trinajstić information content (AvgIpc) is 3.26. The van der Waals surface area contributed by atoms with Gasteiger partial charge in [-0.3, -0.25) is 9.59 Å². The number of aryl methyl sites for hydroxylation is 2. The van der Waals surface area contributed by atoms with E-state index in [0.29, 0.717) is 23.7 Å². The maximum absolute atomic E-state index is 13.5. The monoisotopic (exact) mass is 510 g/mol. The molecule has 0 spiro atoms. The van der Waals surface area contributed by atoms with Gasteiger partial charge in [0.25, 0.3) is 5.91 Å². The van der Waals surface area contributed by atoms with Crippen LogP contribution in [0.15, 0.2) is 78.9 Å². The fourth-order valence-corrected chi connectivity index (χ4v) is 4.35. The number of methoxy groups -OCH3 is 1. The second-order valence-corrected chi connectivity index (χ2v) is 9.28. The van der Waals surface area contributed by atoms with Gasteiger partial charge in [0.2, 0.25) is 5.91 Å². The van der Waals surface area contributed by atoms with Gasteiger partial charge in [-0.25, -0.2) is 4.68 Å². The van der Waals surface area contributed by atoms with Crippen molar-refractivity contribution in [3.05, 3.63) is 95.7 Å². The lowest BCUT2D eigenvalue weighted by Crippen LogP contribution is -2.39. The molecule has 3 aromatic carbocycles. The van der Waals surface area contributed by atoms with Crippen LogP contribution in [0, 0.1) is 13.8 Å². The molecule has 0 aliphatic rings. The molecule has 7 nitrogen and oxygen atoms in total. The highest BCUT2D eigenvalue weighted by molar-refractivity contribution is 6.01.